The summed E-state index contributed by atoms with van der Waals surface area (Å²) in [5.41, 5.74) is 1.63. The van der Waals surface area contributed by atoms with Crippen molar-refractivity contribution in [1.29, 1.82) is 0 Å². The molecule has 0 aliphatic carbocycles. The zero-order valence-electron chi connectivity index (χ0n) is 13.2. The molecule has 0 fully saturated rings. The van der Waals surface area contributed by atoms with Gasteiger partial charge >= 0.3 is 6.03 Å². The highest BCUT2D eigenvalue weighted by Crippen LogP contribution is 2.19. The molecule has 0 bridgehead atoms. The molecule has 7 heteroatoms. The van der Waals surface area contributed by atoms with Crippen LogP contribution in [-0.4, -0.2) is 22.4 Å². The van der Waals surface area contributed by atoms with Crippen molar-refractivity contribution < 1.29 is 9.18 Å². The molecule has 2 N–H and O–H groups in total. The third-order valence-electron chi connectivity index (χ3n) is 3.37. The summed E-state index contributed by atoms with van der Waals surface area (Å²) in [6.07, 6.45) is 1.95. The van der Waals surface area contributed by atoms with Crippen LogP contribution >= 0.6 is 11.6 Å². The fraction of sp³-hybridized carbons (Fsp3) is 0.375. The number of unbranched alkanes of at least 4 members (excludes halogenated alkanes) is 1. The summed E-state index contributed by atoms with van der Waals surface area (Å²) in [4.78, 5) is 11.7. The minimum Gasteiger partial charge on any atom is -0.338 e. The summed E-state index contributed by atoms with van der Waals surface area (Å²) < 4.78 is 14.8. The molecule has 0 unspecified atom stereocenters. The summed E-state index contributed by atoms with van der Waals surface area (Å²) in [7, 11) is 0. The van der Waals surface area contributed by atoms with Crippen LogP contribution in [0.3, 0.4) is 0 Å². The predicted molar refractivity (Wildman–Crippen MR) is 89.4 cm³/mol. The first-order chi connectivity index (χ1) is 11.0. The lowest BCUT2D eigenvalue weighted by Crippen LogP contribution is -2.29. The van der Waals surface area contributed by atoms with Crippen LogP contribution in [0.4, 0.5) is 15.0 Å². The Bertz CT molecular complexity index is 687. The molecule has 0 spiro atoms. The molecule has 1 aromatic carbocycles. The number of benzene rings is 1. The Morgan fingerprint density at radius 3 is 2.87 bits per heavy atom. The highest BCUT2D eigenvalue weighted by atomic mass is 35.5. The molecule has 0 aliphatic heterocycles. The van der Waals surface area contributed by atoms with Crippen molar-refractivity contribution in [2.24, 2.45) is 0 Å². The molecule has 1 heterocycles. The topological polar surface area (TPSA) is 59.0 Å². The van der Waals surface area contributed by atoms with Crippen LogP contribution < -0.4 is 10.6 Å². The van der Waals surface area contributed by atoms with Crippen molar-refractivity contribution in [2.45, 2.75) is 33.2 Å². The Kier molecular flexibility index (Phi) is 5.98. The van der Waals surface area contributed by atoms with Crippen LogP contribution in [0.1, 0.15) is 31.0 Å². The summed E-state index contributed by atoms with van der Waals surface area (Å²) in [6, 6.07) is 5.76. The first kappa shape index (κ1) is 17.3. The Morgan fingerprint density at radius 2 is 2.17 bits per heavy atom. The van der Waals surface area contributed by atoms with Crippen LogP contribution in [0.2, 0.25) is 5.02 Å². The molecular weight excluding hydrogens is 319 g/mol. The van der Waals surface area contributed by atoms with E-state index < -0.39 is 0 Å². The van der Waals surface area contributed by atoms with Crippen molar-refractivity contribution in [3.63, 3.8) is 0 Å². The Hall–Kier alpha value is -2.08. The fourth-order valence-electron chi connectivity index (χ4n) is 2.08. The Labute approximate surface area is 139 Å². The van der Waals surface area contributed by atoms with Gasteiger partial charge in [0, 0.05) is 23.3 Å². The van der Waals surface area contributed by atoms with Crippen molar-refractivity contribution in [3.8, 4) is 0 Å². The normalized spacial score (nSPS) is 10.6. The smallest absolute Gasteiger partial charge is 0.320 e. The second-order valence-corrected chi connectivity index (χ2v) is 5.71. The predicted octanol–water partition coefficient (Wildman–Crippen LogP) is 3.95. The van der Waals surface area contributed by atoms with Gasteiger partial charge in [0.15, 0.2) is 5.82 Å². The van der Waals surface area contributed by atoms with Gasteiger partial charge in [0.2, 0.25) is 0 Å². The van der Waals surface area contributed by atoms with E-state index in [0.717, 1.165) is 24.1 Å². The summed E-state index contributed by atoms with van der Waals surface area (Å²) in [6.45, 7) is 4.98. The average molecular weight is 339 g/mol. The first-order valence-electron chi connectivity index (χ1n) is 7.53. The largest absolute Gasteiger partial charge is 0.338 e. The molecule has 5 nitrogen and oxygen atoms in total. The van der Waals surface area contributed by atoms with E-state index in [4.69, 9.17) is 11.6 Å². The van der Waals surface area contributed by atoms with Crippen LogP contribution in [0.25, 0.3) is 0 Å². The van der Waals surface area contributed by atoms with Crippen LogP contribution in [-0.2, 0) is 6.54 Å². The number of nitrogens with zero attached hydrogens (tertiary/aromatic N) is 2. The standard InChI is InChI=1S/C16H20ClFN4O/c1-3-4-7-19-16(23)20-15-8-11(2)22(21-15)10-12-5-6-13(18)9-14(12)17/h5-6,8-9H,3-4,7,10H2,1-2H3,(H2,19,20,21,23). The van der Waals surface area contributed by atoms with Crippen LogP contribution in [0.5, 0.6) is 0 Å². The summed E-state index contributed by atoms with van der Waals surface area (Å²) in [5, 5.41) is 10.1. The maximum Gasteiger partial charge on any atom is 0.320 e. The lowest BCUT2D eigenvalue weighted by Gasteiger charge is -2.07. The van der Waals surface area contributed by atoms with E-state index in [1.54, 1.807) is 16.8 Å². The number of nitrogens with one attached hydrogen (secondary N) is 2. The second-order valence-electron chi connectivity index (χ2n) is 5.30. The van der Waals surface area contributed by atoms with E-state index >= 15 is 0 Å². The van der Waals surface area contributed by atoms with Gasteiger partial charge in [0.25, 0.3) is 0 Å². The molecule has 1 aromatic heterocycles. The average Bonchev–Trinajstić information content (AvgIpc) is 2.82. The number of anilines is 1. The molecule has 2 amide bonds. The van der Waals surface area contributed by atoms with Gasteiger partial charge in [-0.3, -0.25) is 10.00 Å². The summed E-state index contributed by atoms with van der Waals surface area (Å²) >= 11 is 6.03. The molecule has 0 saturated heterocycles. The number of halogens is 2. The molecule has 0 radical (unpaired) electrons. The monoisotopic (exact) mass is 338 g/mol. The zero-order valence-corrected chi connectivity index (χ0v) is 14.0. The van der Waals surface area contributed by atoms with Crippen molar-refractivity contribution in [3.05, 3.63) is 46.4 Å². The van der Waals surface area contributed by atoms with Gasteiger partial charge in [0.05, 0.1) is 6.54 Å². The quantitative estimate of drug-likeness (QED) is 0.783. The third kappa shape index (κ3) is 4.96. The van der Waals surface area contributed by atoms with E-state index in [1.165, 1.54) is 12.1 Å². The second kappa shape index (κ2) is 7.97. The van der Waals surface area contributed by atoms with Gasteiger partial charge in [-0.05, 0) is 31.0 Å². The number of hydrogen-bond donors (Lipinski definition) is 2. The van der Waals surface area contributed by atoms with Crippen molar-refractivity contribution in [1.82, 2.24) is 15.1 Å². The van der Waals surface area contributed by atoms with Gasteiger partial charge in [-0.15, -0.1) is 0 Å². The van der Waals surface area contributed by atoms with E-state index in [1.807, 2.05) is 6.92 Å². The highest BCUT2D eigenvalue weighted by molar-refractivity contribution is 6.31. The van der Waals surface area contributed by atoms with Gasteiger partial charge in [-0.1, -0.05) is 31.0 Å². The molecule has 23 heavy (non-hydrogen) atoms. The lowest BCUT2D eigenvalue weighted by atomic mass is 10.2. The molecule has 2 rings (SSSR count). The number of amides is 2. The van der Waals surface area contributed by atoms with E-state index in [0.29, 0.717) is 23.9 Å². The number of aromatic nitrogens is 2. The summed E-state index contributed by atoms with van der Waals surface area (Å²) in [5.74, 6) is 0.0942. The SMILES string of the molecule is CCCCNC(=O)Nc1cc(C)n(Cc2ccc(F)cc2Cl)n1. The number of carbonyl (C=O) groups excluding carboxylic acids is 1. The molecule has 0 saturated carbocycles. The maximum absolute atomic E-state index is 13.1. The molecule has 2 aromatic rings. The molecule has 124 valence electrons. The first-order valence-corrected chi connectivity index (χ1v) is 7.90. The number of carbonyl (C=O) groups is 1. The van der Waals surface area contributed by atoms with E-state index in [2.05, 4.69) is 22.7 Å². The lowest BCUT2D eigenvalue weighted by molar-refractivity contribution is 0.252. The third-order valence-corrected chi connectivity index (χ3v) is 3.73. The molecular formula is C16H20ClFN4O. The Morgan fingerprint density at radius 1 is 1.39 bits per heavy atom. The van der Waals surface area contributed by atoms with Gasteiger partial charge in [0.1, 0.15) is 5.82 Å². The molecule has 0 aliphatic rings. The van der Waals surface area contributed by atoms with Crippen LogP contribution in [0, 0.1) is 12.7 Å². The van der Waals surface area contributed by atoms with E-state index in [-0.39, 0.29) is 11.8 Å². The highest BCUT2D eigenvalue weighted by Gasteiger charge is 2.10. The minimum absolute atomic E-state index is 0.275. The van der Waals surface area contributed by atoms with Gasteiger partial charge in [-0.2, -0.15) is 5.10 Å². The number of aryl methyl sites for hydroxylation is 1. The Balaban J connectivity index is 2.01. The minimum atomic E-state index is -0.373. The number of rotatable bonds is 6. The fourth-order valence-corrected chi connectivity index (χ4v) is 2.31. The van der Waals surface area contributed by atoms with Gasteiger partial charge in [-0.25, -0.2) is 9.18 Å². The number of hydrogen-bond acceptors (Lipinski definition) is 2. The molecule has 0 atom stereocenters. The number of urea groups is 1. The maximum atomic E-state index is 13.1. The van der Waals surface area contributed by atoms with Crippen molar-refractivity contribution >= 4 is 23.4 Å². The van der Waals surface area contributed by atoms with Crippen LogP contribution in [0.15, 0.2) is 24.3 Å². The van der Waals surface area contributed by atoms with Crippen molar-refractivity contribution in [2.75, 3.05) is 11.9 Å². The van der Waals surface area contributed by atoms with E-state index in [9.17, 15) is 9.18 Å². The zero-order chi connectivity index (χ0) is 16.8. The van der Waals surface area contributed by atoms with Gasteiger partial charge < -0.3 is 5.32 Å².